The van der Waals surface area contributed by atoms with Gasteiger partial charge in [-0.3, -0.25) is 4.79 Å². The molecule has 1 fully saturated rings. The number of ether oxygens (including phenoxy) is 2. The lowest BCUT2D eigenvalue weighted by molar-refractivity contribution is 0.0941. The van der Waals surface area contributed by atoms with Crippen molar-refractivity contribution < 1.29 is 14.3 Å². The van der Waals surface area contributed by atoms with Crippen LogP contribution in [0.15, 0.2) is 18.2 Å². The van der Waals surface area contributed by atoms with Gasteiger partial charge in [-0.1, -0.05) is 0 Å². The molecule has 5 heteroatoms. The molecule has 0 saturated heterocycles. The molecule has 0 bridgehead atoms. The zero-order valence-corrected chi connectivity index (χ0v) is 12.4. The second-order valence-corrected chi connectivity index (χ2v) is 4.95. The summed E-state index contributed by atoms with van der Waals surface area (Å²) in [5.41, 5.74) is 0.475. The third-order valence-corrected chi connectivity index (χ3v) is 3.32. The van der Waals surface area contributed by atoms with E-state index in [2.05, 4.69) is 11.4 Å². The maximum absolute atomic E-state index is 12.2. The molecule has 1 aliphatic rings. The maximum atomic E-state index is 12.2. The van der Waals surface area contributed by atoms with Crippen LogP contribution in [0.1, 0.15) is 37.0 Å². The third-order valence-electron chi connectivity index (χ3n) is 3.32. The number of nitriles is 1. The average Bonchev–Trinajstić information content (AvgIpc) is 3.31. The topological polar surface area (TPSA) is 71.3 Å². The zero-order chi connectivity index (χ0) is 15.2. The molecule has 0 spiro atoms. The molecule has 0 heterocycles. The first-order chi connectivity index (χ1) is 10.2. The minimum absolute atomic E-state index is 0.252. The Morgan fingerprint density at radius 3 is 2.57 bits per heavy atom. The van der Waals surface area contributed by atoms with Crippen LogP contribution in [0.2, 0.25) is 0 Å². The predicted octanol–water partition coefficient (Wildman–Crippen LogP) is 2.52. The fourth-order valence-corrected chi connectivity index (χ4v) is 2.10. The van der Waals surface area contributed by atoms with Crippen molar-refractivity contribution in [2.75, 3.05) is 13.2 Å². The van der Waals surface area contributed by atoms with Gasteiger partial charge in [-0.2, -0.15) is 5.26 Å². The van der Waals surface area contributed by atoms with E-state index in [0.29, 0.717) is 36.2 Å². The zero-order valence-electron chi connectivity index (χ0n) is 12.4. The number of hydrogen-bond donors (Lipinski definition) is 1. The molecule has 1 atom stereocenters. The van der Waals surface area contributed by atoms with Gasteiger partial charge in [0.1, 0.15) is 6.04 Å². The molecular weight excluding hydrogens is 268 g/mol. The Morgan fingerprint density at radius 2 is 2.00 bits per heavy atom. The fraction of sp³-hybridized carbons (Fsp3) is 0.500. The lowest BCUT2D eigenvalue weighted by Gasteiger charge is -2.14. The van der Waals surface area contributed by atoms with E-state index in [1.165, 1.54) is 0 Å². The highest BCUT2D eigenvalue weighted by Crippen LogP contribution is 2.33. The van der Waals surface area contributed by atoms with Crippen molar-refractivity contribution in [2.45, 2.75) is 32.7 Å². The normalized spacial score (nSPS) is 14.9. The van der Waals surface area contributed by atoms with E-state index in [-0.39, 0.29) is 5.91 Å². The van der Waals surface area contributed by atoms with Gasteiger partial charge in [-0.05, 0) is 50.8 Å². The van der Waals surface area contributed by atoms with Crippen molar-refractivity contribution in [1.29, 1.82) is 5.26 Å². The molecule has 0 radical (unpaired) electrons. The molecular formula is C16H20N2O3. The van der Waals surface area contributed by atoms with Crippen LogP contribution in [0.4, 0.5) is 0 Å². The Hall–Kier alpha value is -2.22. The van der Waals surface area contributed by atoms with E-state index < -0.39 is 6.04 Å². The Labute approximate surface area is 124 Å². The summed E-state index contributed by atoms with van der Waals surface area (Å²) in [5.74, 6) is 1.22. The van der Waals surface area contributed by atoms with Crippen molar-refractivity contribution in [3.8, 4) is 17.6 Å². The van der Waals surface area contributed by atoms with E-state index >= 15 is 0 Å². The summed E-state index contributed by atoms with van der Waals surface area (Å²) in [5, 5.41) is 11.8. The predicted molar refractivity (Wildman–Crippen MR) is 78.4 cm³/mol. The van der Waals surface area contributed by atoms with Gasteiger partial charge in [0.25, 0.3) is 5.91 Å². The molecule has 1 unspecified atom stereocenters. The van der Waals surface area contributed by atoms with Gasteiger partial charge in [0.2, 0.25) is 0 Å². The second-order valence-electron chi connectivity index (χ2n) is 4.95. The van der Waals surface area contributed by atoms with E-state index in [1.807, 2.05) is 13.8 Å². The Kier molecular flexibility index (Phi) is 5.04. The van der Waals surface area contributed by atoms with Gasteiger partial charge in [-0.15, -0.1) is 0 Å². The lowest BCUT2D eigenvalue weighted by Crippen LogP contribution is -2.35. The highest BCUT2D eigenvalue weighted by atomic mass is 16.5. The quantitative estimate of drug-likeness (QED) is 0.837. The van der Waals surface area contributed by atoms with Crippen LogP contribution in [0.25, 0.3) is 0 Å². The highest BCUT2D eigenvalue weighted by Gasteiger charge is 2.32. The summed E-state index contributed by atoms with van der Waals surface area (Å²) >= 11 is 0. The molecule has 21 heavy (non-hydrogen) atoms. The molecule has 1 amide bonds. The third kappa shape index (κ3) is 3.88. The molecule has 1 aliphatic carbocycles. The first-order valence-corrected chi connectivity index (χ1v) is 7.29. The van der Waals surface area contributed by atoms with Crippen molar-refractivity contribution in [3.63, 3.8) is 0 Å². The van der Waals surface area contributed by atoms with Gasteiger partial charge in [0, 0.05) is 5.56 Å². The number of carbonyl (C=O) groups excluding carboxylic acids is 1. The van der Waals surface area contributed by atoms with Crippen molar-refractivity contribution in [3.05, 3.63) is 23.8 Å². The largest absolute Gasteiger partial charge is 0.490 e. The van der Waals surface area contributed by atoms with E-state index in [9.17, 15) is 4.79 Å². The summed E-state index contributed by atoms with van der Waals surface area (Å²) < 4.78 is 11.0. The molecule has 5 nitrogen and oxygen atoms in total. The minimum atomic E-state index is -0.403. The molecule has 2 rings (SSSR count). The van der Waals surface area contributed by atoms with Crippen molar-refractivity contribution in [2.24, 2.45) is 5.92 Å². The maximum Gasteiger partial charge on any atom is 0.252 e. The smallest absolute Gasteiger partial charge is 0.252 e. The molecule has 1 saturated carbocycles. The number of amides is 1. The Morgan fingerprint density at radius 1 is 1.33 bits per heavy atom. The van der Waals surface area contributed by atoms with Crippen LogP contribution in [-0.2, 0) is 0 Å². The average molecular weight is 288 g/mol. The number of nitrogens with zero attached hydrogens (tertiary/aromatic N) is 1. The van der Waals surface area contributed by atoms with Crippen molar-refractivity contribution in [1.82, 2.24) is 5.32 Å². The summed E-state index contributed by atoms with van der Waals surface area (Å²) in [7, 11) is 0. The minimum Gasteiger partial charge on any atom is -0.490 e. The number of rotatable bonds is 7. The highest BCUT2D eigenvalue weighted by molar-refractivity contribution is 5.95. The SMILES string of the molecule is CCOc1ccc(C(=O)NC(C#N)C2CC2)cc1OCC. The number of hydrogen-bond acceptors (Lipinski definition) is 4. The van der Waals surface area contributed by atoms with E-state index in [1.54, 1.807) is 18.2 Å². The Bertz CT molecular complexity index is 547. The molecule has 1 aromatic rings. The molecule has 112 valence electrons. The van der Waals surface area contributed by atoms with Crippen LogP contribution in [0.5, 0.6) is 11.5 Å². The standard InChI is InChI=1S/C16H20N2O3/c1-3-20-14-8-7-12(9-15(14)21-4-2)16(19)18-13(10-17)11-5-6-11/h7-9,11,13H,3-6H2,1-2H3,(H,18,19). The van der Waals surface area contributed by atoms with E-state index in [0.717, 1.165) is 12.8 Å². The fourth-order valence-electron chi connectivity index (χ4n) is 2.10. The van der Waals surface area contributed by atoms with Gasteiger partial charge < -0.3 is 14.8 Å². The Balaban J connectivity index is 2.13. The lowest BCUT2D eigenvalue weighted by atomic mass is 10.1. The molecule has 0 aliphatic heterocycles. The van der Waals surface area contributed by atoms with Crippen LogP contribution < -0.4 is 14.8 Å². The summed E-state index contributed by atoms with van der Waals surface area (Å²) in [4.78, 5) is 12.2. The first-order valence-electron chi connectivity index (χ1n) is 7.29. The molecule has 1 aromatic carbocycles. The second kappa shape index (κ2) is 6.98. The van der Waals surface area contributed by atoms with Crippen LogP contribution in [0.3, 0.4) is 0 Å². The van der Waals surface area contributed by atoms with Gasteiger partial charge >= 0.3 is 0 Å². The van der Waals surface area contributed by atoms with Crippen LogP contribution in [-0.4, -0.2) is 25.2 Å². The number of nitrogens with one attached hydrogen (secondary N) is 1. The molecule has 1 N–H and O–H groups in total. The number of benzene rings is 1. The monoisotopic (exact) mass is 288 g/mol. The van der Waals surface area contributed by atoms with Crippen molar-refractivity contribution >= 4 is 5.91 Å². The van der Waals surface area contributed by atoms with Crippen LogP contribution >= 0.6 is 0 Å². The van der Waals surface area contributed by atoms with Crippen LogP contribution in [0, 0.1) is 17.2 Å². The summed E-state index contributed by atoms with van der Waals surface area (Å²) in [6.07, 6.45) is 2.01. The van der Waals surface area contributed by atoms with E-state index in [4.69, 9.17) is 14.7 Å². The van der Waals surface area contributed by atoms with Gasteiger partial charge in [0.05, 0.1) is 19.3 Å². The summed E-state index contributed by atoms with van der Waals surface area (Å²) in [6, 6.07) is 6.81. The molecule has 0 aromatic heterocycles. The van der Waals surface area contributed by atoms with Gasteiger partial charge in [-0.25, -0.2) is 0 Å². The van der Waals surface area contributed by atoms with Gasteiger partial charge in [0.15, 0.2) is 11.5 Å². The number of carbonyl (C=O) groups is 1. The summed E-state index contributed by atoms with van der Waals surface area (Å²) in [6.45, 7) is 4.79. The first kappa shape index (κ1) is 15.2.